The molecule has 4 N–H and O–H groups in total. The molecule has 0 radical (unpaired) electrons. The van der Waals surface area contributed by atoms with E-state index in [4.69, 9.17) is 5.73 Å². The Morgan fingerprint density at radius 2 is 1.80 bits per heavy atom. The third-order valence-electron chi connectivity index (χ3n) is 5.36. The number of pyridine rings is 1. The summed E-state index contributed by atoms with van der Waals surface area (Å²) in [5.41, 5.74) is 9.41. The number of hydrogen-bond donors (Lipinski definition) is 3. The number of nitrogen functional groups attached to an aromatic ring is 1. The van der Waals surface area contributed by atoms with Gasteiger partial charge in [0.25, 0.3) is 5.91 Å². The van der Waals surface area contributed by atoms with Crippen LogP contribution in [0.2, 0.25) is 0 Å². The molecule has 0 saturated heterocycles. The molecule has 4 rings (SSSR count). The van der Waals surface area contributed by atoms with Crippen molar-refractivity contribution in [2.24, 2.45) is 0 Å². The number of benzene rings is 2. The number of nitrogens with zero attached hydrogens (tertiary/aromatic N) is 4. The molecule has 0 aliphatic carbocycles. The number of carbonyl (C=O) groups is 1. The third-order valence-corrected chi connectivity index (χ3v) is 5.36. The lowest BCUT2D eigenvalue weighted by atomic mass is 10.1. The van der Waals surface area contributed by atoms with Crippen LogP contribution in [0.4, 0.5) is 16.0 Å². The quantitative estimate of drug-likeness (QED) is 0.371. The zero-order valence-corrected chi connectivity index (χ0v) is 18.9. The van der Waals surface area contributed by atoms with Crippen LogP contribution in [0.15, 0.2) is 73.2 Å². The van der Waals surface area contributed by atoms with E-state index in [1.54, 1.807) is 25.3 Å². The Bertz CT molecular complexity index is 1370. The zero-order valence-electron chi connectivity index (χ0n) is 18.9. The first-order valence-electron chi connectivity index (χ1n) is 10.8. The van der Waals surface area contributed by atoms with Crippen LogP contribution in [-0.4, -0.2) is 20.9 Å². The first-order valence-corrected chi connectivity index (χ1v) is 10.8. The highest BCUT2D eigenvalue weighted by Crippen LogP contribution is 2.20. The van der Waals surface area contributed by atoms with E-state index < -0.39 is 5.91 Å². The molecule has 0 bridgehead atoms. The van der Waals surface area contributed by atoms with Crippen LogP contribution in [0.1, 0.15) is 40.0 Å². The van der Waals surface area contributed by atoms with Crippen molar-refractivity contribution in [1.82, 2.24) is 20.3 Å². The molecule has 35 heavy (non-hydrogen) atoms. The van der Waals surface area contributed by atoms with E-state index in [0.29, 0.717) is 23.9 Å². The lowest BCUT2D eigenvalue weighted by Crippen LogP contribution is -2.28. The first-order chi connectivity index (χ1) is 16.9. The number of aromatic nitrogens is 3. The molecule has 0 aliphatic rings. The van der Waals surface area contributed by atoms with E-state index in [9.17, 15) is 14.4 Å². The fourth-order valence-electron chi connectivity index (χ4n) is 3.42. The van der Waals surface area contributed by atoms with Gasteiger partial charge in [0.1, 0.15) is 23.5 Å². The number of amides is 1. The Kier molecular flexibility index (Phi) is 6.93. The normalized spacial score (nSPS) is 11.3. The maximum absolute atomic E-state index is 13.2. The van der Waals surface area contributed by atoms with E-state index in [2.05, 4.69) is 25.6 Å². The second-order valence-electron chi connectivity index (χ2n) is 7.86. The number of nitriles is 1. The number of nitrogens with one attached hydrogen (secondary N) is 2. The fourth-order valence-corrected chi connectivity index (χ4v) is 3.42. The first kappa shape index (κ1) is 23.3. The van der Waals surface area contributed by atoms with Crippen molar-refractivity contribution in [3.8, 4) is 17.3 Å². The summed E-state index contributed by atoms with van der Waals surface area (Å²) in [5, 5.41) is 15.3. The number of carbonyl (C=O) groups excluding carboxylic acids is 1. The summed E-state index contributed by atoms with van der Waals surface area (Å²) in [6.45, 7) is 2.20. The molecule has 0 saturated carbocycles. The number of nitrogens with two attached hydrogens (primary N) is 1. The number of rotatable bonds is 7. The highest BCUT2D eigenvalue weighted by atomic mass is 19.1. The second-order valence-corrected chi connectivity index (χ2v) is 7.86. The molecule has 0 unspecified atom stereocenters. The smallest absolute Gasteiger partial charge is 0.255 e. The Hall–Kier alpha value is -4.84. The SMILES string of the molecule is C[C@H](NC(=O)c1cc(C#N)cnc1NCc1ccc(-c2cnc(N)cn2)cc1)c1ccc(F)cc1. The third kappa shape index (κ3) is 5.75. The van der Waals surface area contributed by atoms with Gasteiger partial charge in [-0.15, -0.1) is 0 Å². The molecular formula is C26H22FN7O. The number of hydrogen-bond acceptors (Lipinski definition) is 7. The van der Waals surface area contributed by atoms with Crippen LogP contribution in [0.3, 0.4) is 0 Å². The fraction of sp³-hybridized carbons (Fsp3) is 0.115. The van der Waals surface area contributed by atoms with Gasteiger partial charge in [-0.2, -0.15) is 5.26 Å². The summed E-state index contributed by atoms with van der Waals surface area (Å²) in [5.74, 6) is -0.0389. The average molecular weight is 468 g/mol. The molecule has 2 aromatic carbocycles. The van der Waals surface area contributed by atoms with Gasteiger partial charge in [0.15, 0.2) is 0 Å². The summed E-state index contributed by atoms with van der Waals surface area (Å²) >= 11 is 0. The van der Waals surface area contributed by atoms with Gasteiger partial charge in [-0.3, -0.25) is 9.78 Å². The molecule has 0 aliphatic heterocycles. The average Bonchev–Trinajstić information content (AvgIpc) is 2.88. The van der Waals surface area contributed by atoms with E-state index >= 15 is 0 Å². The van der Waals surface area contributed by atoms with Crippen LogP contribution in [0, 0.1) is 17.1 Å². The largest absolute Gasteiger partial charge is 0.382 e. The highest BCUT2D eigenvalue weighted by molar-refractivity contribution is 5.99. The molecule has 9 heteroatoms. The van der Waals surface area contributed by atoms with Gasteiger partial charge in [-0.1, -0.05) is 36.4 Å². The Morgan fingerprint density at radius 1 is 1.06 bits per heavy atom. The van der Waals surface area contributed by atoms with Gasteiger partial charge in [-0.05, 0) is 36.2 Å². The van der Waals surface area contributed by atoms with Gasteiger partial charge in [0.2, 0.25) is 0 Å². The summed E-state index contributed by atoms with van der Waals surface area (Å²) in [7, 11) is 0. The van der Waals surface area contributed by atoms with E-state index in [0.717, 1.165) is 16.7 Å². The molecule has 2 aromatic heterocycles. The van der Waals surface area contributed by atoms with Gasteiger partial charge in [-0.25, -0.2) is 14.4 Å². The lowest BCUT2D eigenvalue weighted by Gasteiger charge is -2.16. The van der Waals surface area contributed by atoms with Crippen LogP contribution in [0.5, 0.6) is 0 Å². The maximum atomic E-state index is 13.2. The molecule has 2 heterocycles. The van der Waals surface area contributed by atoms with E-state index in [-0.39, 0.29) is 23.0 Å². The molecule has 0 spiro atoms. The maximum Gasteiger partial charge on any atom is 0.255 e. The predicted octanol–water partition coefficient (Wildman–Crippen LogP) is 4.23. The minimum atomic E-state index is -0.397. The minimum absolute atomic E-state index is 0.242. The molecule has 1 amide bonds. The zero-order chi connectivity index (χ0) is 24.8. The van der Waals surface area contributed by atoms with Crippen molar-refractivity contribution in [1.29, 1.82) is 5.26 Å². The summed E-state index contributed by atoms with van der Waals surface area (Å²) in [4.78, 5) is 25.6. The molecule has 1 atom stereocenters. The van der Waals surface area contributed by atoms with Gasteiger partial charge in [0.05, 0.1) is 35.3 Å². The van der Waals surface area contributed by atoms with Crippen molar-refractivity contribution in [2.45, 2.75) is 19.5 Å². The monoisotopic (exact) mass is 467 g/mol. The Labute approximate surface area is 201 Å². The Morgan fingerprint density at radius 3 is 2.46 bits per heavy atom. The standard InChI is InChI=1S/C26H22FN7O/c1-16(19-6-8-21(27)9-7-19)34-26(35)22-10-18(11-28)13-33-25(22)32-12-17-2-4-20(5-3-17)23-14-31-24(29)15-30-23/h2-10,13-16H,12H2,1H3,(H2,29,31)(H,32,33)(H,34,35)/t16-/m0/s1. The minimum Gasteiger partial charge on any atom is -0.382 e. The molecule has 0 fully saturated rings. The predicted molar refractivity (Wildman–Crippen MR) is 130 cm³/mol. The van der Waals surface area contributed by atoms with Crippen LogP contribution >= 0.6 is 0 Å². The van der Waals surface area contributed by atoms with E-state index in [1.165, 1.54) is 30.6 Å². The van der Waals surface area contributed by atoms with Crippen molar-refractivity contribution in [3.05, 3.63) is 101 Å². The summed E-state index contributed by atoms with van der Waals surface area (Å²) in [6.07, 6.45) is 4.53. The van der Waals surface area contributed by atoms with Crippen LogP contribution in [0.25, 0.3) is 11.3 Å². The van der Waals surface area contributed by atoms with Gasteiger partial charge >= 0.3 is 0 Å². The summed E-state index contributed by atoms with van der Waals surface area (Å²) in [6, 6.07) is 16.7. The molecular weight excluding hydrogens is 445 g/mol. The number of anilines is 2. The topological polar surface area (TPSA) is 130 Å². The van der Waals surface area contributed by atoms with Crippen molar-refractivity contribution < 1.29 is 9.18 Å². The van der Waals surface area contributed by atoms with Gasteiger partial charge < -0.3 is 16.4 Å². The number of halogens is 1. The van der Waals surface area contributed by atoms with Crippen LogP contribution < -0.4 is 16.4 Å². The highest BCUT2D eigenvalue weighted by Gasteiger charge is 2.17. The van der Waals surface area contributed by atoms with Crippen LogP contribution in [-0.2, 0) is 6.54 Å². The molecule has 174 valence electrons. The van der Waals surface area contributed by atoms with Gasteiger partial charge in [0, 0.05) is 18.3 Å². The lowest BCUT2D eigenvalue weighted by molar-refractivity contribution is 0.0940. The van der Waals surface area contributed by atoms with E-state index in [1.807, 2.05) is 30.3 Å². The second kappa shape index (κ2) is 10.4. The Balaban J connectivity index is 1.48. The molecule has 8 nitrogen and oxygen atoms in total. The molecule has 4 aromatic rings. The van der Waals surface area contributed by atoms with Crippen molar-refractivity contribution in [3.63, 3.8) is 0 Å². The summed E-state index contributed by atoms with van der Waals surface area (Å²) < 4.78 is 13.2. The van der Waals surface area contributed by atoms with Crippen molar-refractivity contribution >= 4 is 17.5 Å². The van der Waals surface area contributed by atoms with Crippen molar-refractivity contribution in [2.75, 3.05) is 11.1 Å².